The van der Waals surface area contributed by atoms with Crippen LogP contribution in [0.25, 0.3) is 11.6 Å². The van der Waals surface area contributed by atoms with E-state index >= 15 is 0 Å². The largest absolute Gasteiger partial charge is 0.543 e. The van der Waals surface area contributed by atoms with E-state index in [4.69, 9.17) is 10.5 Å². The van der Waals surface area contributed by atoms with Gasteiger partial charge in [0.1, 0.15) is 18.0 Å². The van der Waals surface area contributed by atoms with E-state index in [1.807, 2.05) is 0 Å². The van der Waals surface area contributed by atoms with Crippen molar-refractivity contribution >= 4 is 63.6 Å². The van der Waals surface area contributed by atoms with Crippen molar-refractivity contribution < 1.29 is 42.2 Å². The number of fused-ring (bicyclic) bond motifs is 1. The van der Waals surface area contributed by atoms with Crippen LogP contribution in [0.3, 0.4) is 0 Å². The maximum Gasteiger partial charge on any atom is 0.416 e. The average Bonchev–Trinajstić information content (AvgIpc) is 3.28. The number of anilines is 1. The van der Waals surface area contributed by atoms with Crippen molar-refractivity contribution in [2.24, 2.45) is 0 Å². The van der Waals surface area contributed by atoms with Gasteiger partial charge in [-0.15, -0.1) is 23.1 Å². The number of esters is 1. The molecule has 3 heterocycles. The number of ether oxygens (including phenoxy) is 1. The second kappa shape index (κ2) is 10.5. The van der Waals surface area contributed by atoms with Crippen LogP contribution in [0.2, 0.25) is 0 Å². The van der Waals surface area contributed by atoms with Crippen molar-refractivity contribution in [2.75, 3.05) is 18.1 Å². The van der Waals surface area contributed by atoms with E-state index in [9.17, 15) is 37.5 Å². The third kappa shape index (κ3) is 5.38. The molecule has 4 rings (SSSR count). The molecule has 2 atom stereocenters. The Bertz CT molecular complexity index is 1390. The monoisotopic (exact) mass is 567 g/mol. The molecule has 1 saturated heterocycles. The number of hydrogen-bond donors (Lipinski definition) is 2. The first-order chi connectivity index (χ1) is 17.9. The number of nitrogens with one attached hydrogen (secondary N) is 1. The van der Waals surface area contributed by atoms with E-state index in [-0.39, 0.29) is 39.9 Å². The Morgan fingerprint density at radius 2 is 2.03 bits per heavy atom. The number of benzene rings is 1. The molecule has 2 aliphatic heterocycles. The van der Waals surface area contributed by atoms with Gasteiger partial charge < -0.3 is 25.7 Å². The maximum atomic E-state index is 13.5. The number of nitrogens with zero attached hydrogens (tertiary/aromatic N) is 2. The quantitative estimate of drug-likeness (QED) is 0.286. The highest BCUT2D eigenvalue weighted by atomic mass is 32.2. The van der Waals surface area contributed by atoms with Gasteiger partial charge in [-0.2, -0.15) is 13.2 Å². The maximum absolute atomic E-state index is 13.5. The number of aromatic nitrogens is 1. The molecule has 3 N–H and O–H groups in total. The molecule has 1 fully saturated rings. The zero-order chi connectivity index (χ0) is 27.8. The summed E-state index contributed by atoms with van der Waals surface area (Å²) in [6.07, 6.45) is -3.69. The van der Waals surface area contributed by atoms with Gasteiger partial charge in [-0.25, -0.2) is 4.98 Å². The summed E-state index contributed by atoms with van der Waals surface area (Å²) >= 11 is 2.09. The Labute approximate surface area is 221 Å². The lowest BCUT2D eigenvalue weighted by molar-refractivity contribution is -0.301. The molecule has 0 bridgehead atoms. The van der Waals surface area contributed by atoms with Crippen molar-refractivity contribution in [1.29, 1.82) is 0 Å². The van der Waals surface area contributed by atoms with E-state index < -0.39 is 52.6 Å². The second-order valence-electron chi connectivity index (χ2n) is 8.09. The molecule has 2 aromatic rings. The van der Waals surface area contributed by atoms with Crippen LogP contribution in [0.5, 0.6) is 0 Å². The summed E-state index contributed by atoms with van der Waals surface area (Å²) in [7, 11) is 0. The number of carbonyl (C=O) groups excluding carboxylic acids is 4. The topological polar surface area (TPSA) is 155 Å². The van der Waals surface area contributed by atoms with Crippen LogP contribution in [-0.4, -0.2) is 57.4 Å². The number of carboxylic acid groups (broad SMARTS) is 1. The van der Waals surface area contributed by atoms with Crippen LogP contribution in [0.4, 0.5) is 18.3 Å². The van der Waals surface area contributed by atoms with Crippen LogP contribution in [0.15, 0.2) is 40.9 Å². The van der Waals surface area contributed by atoms with Crippen molar-refractivity contribution in [3.63, 3.8) is 0 Å². The SMILES string of the molecule is CC(=O)OCC1=C(C(=O)[O-])N2C(=O)C(NC(=O)/C(=C/c3ccccc3C(F)(F)F)c3csc(N)n3)[C@H]2SC1. The number of hydrogen-bond acceptors (Lipinski definition) is 10. The first-order valence-electron chi connectivity index (χ1n) is 10.8. The molecule has 10 nitrogen and oxygen atoms in total. The van der Waals surface area contributed by atoms with Crippen molar-refractivity contribution in [2.45, 2.75) is 24.5 Å². The molecule has 0 saturated carbocycles. The Morgan fingerprint density at radius 3 is 2.63 bits per heavy atom. The summed E-state index contributed by atoms with van der Waals surface area (Å²) in [4.78, 5) is 54.0. The van der Waals surface area contributed by atoms with E-state index in [2.05, 4.69) is 10.3 Å². The minimum absolute atomic E-state index is 0.000826. The highest BCUT2D eigenvalue weighted by Gasteiger charge is 2.53. The summed E-state index contributed by atoms with van der Waals surface area (Å²) in [5.74, 6) is -3.91. The fourth-order valence-electron chi connectivity index (χ4n) is 3.89. The van der Waals surface area contributed by atoms with Gasteiger partial charge in [0, 0.05) is 23.6 Å². The number of thiazole rings is 1. The highest BCUT2D eigenvalue weighted by molar-refractivity contribution is 8.00. The first kappa shape index (κ1) is 27.2. The predicted octanol–water partition coefficient (Wildman–Crippen LogP) is 1.25. The van der Waals surface area contributed by atoms with E-state index in [0.717, 1.165) is 47.1 Å². The van der Waals surface area contributed by atoms with Crippen LogP contribution in [-0.2, 0) is 30.1 Å². The standard InChI is InChI=1S/C23H19F3N4O6S2/c1-10(31)36-7-12-8-37-20-16(19(33)30(20)17(12)21(34)35)29-18(32)13(15-9-38-22(27)28-15)6-11-4-2-3-5-14(11)23(24,25)26/h2-6,9,16,20H,7-8H2,1H3,(H2,27,28)(H,29,32)(H,34,35)/p-1/b13-6+/t16?,20-/m1/s1. The summed E-state index contributed by atoms with van der Waals surface area (Å²) < 4.78 is 45.5. The van der Waals surface area contributed by atoms with Gasteiger partial charge in [0.05, 0.1) is 28.5 Å². The molecule has 0 radical (unpaired) electrons. The molecule has 1 unspecified atom stereocenters. The van der Waals surface area contributed by atoms with E-state index in [1.165, 1.54) is 23.6 Å². The van der Waals surface area contributed by atoms with Gasteiger partial charge in [-0.05, 0) is 17.7 Å². The van der Waals surface area contributed by atoms with E-state index in [1.54, 1.807) is 0 Å². The normalized spacial score (nSPS) is 19.5. The molecule has 200 valence electrons. The number of halogens is 3. The number of thioether (sulfide) groups is 1. The molecule has 15 heteroatoms. The van der Waals surface area contributed by atoms with Gasteiger partial charge in [-0.3, -0.25) is 19.3 Å². The lowest BCUT2D eigenvalue weighted by Crippen LogP contribution is -2.71. The minimum Gasteiger partial charge on any atom is -0.543 e. The summed E-state index contributed by atoms with van der Waals surface area (Å²) in [6, 6.07) is 3.44. The number of carboxylic acids is 1. The Hall–Kier alpha value is -3.85. The second-order valence-corrected chi connectivity index (χ2v) is 10.1. The van der Waals surface area contributed by atoms with Crippen LogP contribution in [0, 0.1) is 0 Å². The van der Waals surface area contributed by atoms with Crippen LogP contribution >= 0.6 is 23.1 Å². The number of alkyl halides is 3. The van der Waals surface area contributed by atoms with Crippen LogP contribution < -0.4 is 16.2 Å². The van der Waals surface area contributed by atoms with Gasteiger partial charge in [0.2, 0.25) is 0 Å². The average molecular weight is 568 g/mol. The number of rotatable bonds is 7. The number of β-lactam (4-membered cyclic amide) rings is 1. The Balaban J connectivity index is 1.63. The summed E-state index contributed by atoms with van der Waals surface area (Å²) in [5.41, 5.74) is 3.81. The molecular weight excluding hydrogens is 549 g/mol. The highest BCUT2D eigenvalue weighted by Crippen LogP contribution is 2.40. The fraction of sp³-hybridized carbons (Fsp3) is 0.261. The molecule has 0 aliphatic carbocycles. The number of nitrogens with two attached hydrogens (primary N) is 1. The number of carbonyl (C=O) groups is 4. The third-order valence-corrected chi connectivity index (χ3v) is 7.60. The predicted molar refractivity (Wildman–Crippen MR) is 130 cm³/mol. The molecule has 1 aromatic carbocycles. The first-order valence-corrected chi connectivity index (χ1v) is 12.7. The van der Waals surface area contributed by atoms with Crippen molar-refractivity contribution in [1.82, 2.24) is 15.2 Å². The molecule has 2 aliphatic rings. The Kier molecular flexibility index (Phi) is 7.51. The Morgan fingerprint density at radius 1 is 1.32 bits per heavy atom. The summed E-state index contributed by atoms with van der Waals surface area (Å²) in [5, 5.41) is 14.9. The van der Waals surface area contributed by atoms with Gasteiger partial charge in [0.15, 0.2) is 5.13 Å². The molecule has 38 heavy (non-hydrogen) atoms. The van der Waals surface area contributed by atoms with E-state index in [0.29, 0.717) is 0 Å². The minimum atomic E-state index is -4.70. The third-order valence-electron chi connectivity index (χ3n) is 5.59. The zero-order valence-corrected chi connectivity index (χ0v) is 21.0. The van der Waals surface area contributed by atoms with Gasteiger partial charge in [-0.1, -0.05) is 18.2 Å². The van der Waals surface area contributed by atoms with Crippen molar-refractivity contribution in [3.05, 3.63) is 57.7 Å². The number of nitrogen functional groups attached to an aromatic ring is 1. The number of aliphatic carboxylic acids is 1. The van der Waals surface area contributed by atoms with Crippen molar-refractivity contribution in [3.8, 4) is 0 Å². The molecular formula is C23H18F3N4O6S2-. The zero-order valence-electron chi connectivity index (χ0n) is 19.4. The molecule has 1 aromatic heterocycles. The lowest BCUT2D eigenvalue weighted by atomic mass is 10.00. The van der Waals surface area contributed by atoms with Crippen LogP contribution in [0.1, 0.15) is 23.7 Å². The summed E-state index contributed by atoms with van der Waals surface area (Å²) in [6.45, 7) is 0.794. The smallest absolute Gasteiger partial charge is 0.416 e. The fourth-order valence-corrected chi connectivity index (χ4v) is 5.78. The van der Waals surface area contributed by atoms with Gasteiger partial charge >= 0.3 is 12.1 Å². The number of amides is 2. The lowest BCUT2D eigenvalue weighted by Gasteiger charge is -2.50. The molecule has 0 spiro atoms. The molecule has 2 amide bonds. The van der Waals surface area contributed by atoms with Gasteiger partial charge in [0.25, 0.3) is 11.8 Å².